The molecule has 46 heavy (non-hydrogen) atoms. The number of aromatic nitrogens is 5. The van der Waals surface area contributed by atoms with E-state index >= 15 is 0 Å². The van der Waals surface area contributed by atoms with Crippen LogP contribution in [0.3, 0.4) is 0 Å². The molecule has 214 valence electrons. The molecule has 0 aliphatic carbocycles. The Hall–Kier alpha value is -6.33. The zero-order chi connectivity index (χ0) is 30.5. The standard InChI is InChI=1S/C41H25N5/c1-3-9-28(10-4-1)39-44-40(29-11-5-2-6-12-29)46-41(45-39)34-22-17-27-15-20-32-31(19-14-26-16-21-33(34)38(27)37(26)32)30-18-23-36(43-25-30)35-13-7-8-24-42-35/h1-25H. The Bertz CT molecular complexity index is 2440. The molecule has 0 fully saturated rings. The lowest BCUT2D eigenvalue weighted by Crippen LogP contribution is -2.00. The van der Waals surface area contributed by atoms with Crippen LogP contribution in [-0.2, 0) is 0 Å². The monoisotopic (exact) mass is 587 g/mol. The molecule has 0 aliphatic rings. The second kappa shape index (κ2) is 10.7. The van der Waals surface area contributed by atoms with E-state index in [1.165, 1.54) is 26.9 Å². The van der Waals surface area contributed by atoms with Crippen LogP contribution in [0.1, 0.15) is 0 Å². The summed E-state index contributed by atoms with van der Waals surface area (Å²) in [5.74, 6) is 1.96. The highest BCUT2D eigenvalue weighted by Gasteiger charge is 2.18. The van der Waals surface area contributed by atoms with Crippen molar-refractivity contribution >= 4 is 32.3 Å². The topological polar surface area (TPSA) is 64.5 Å². The quantitative estimate of drug-likeness (QED) is 0.188. The minimum atomic E-state index is 0.652. The smallest absolute Gasteiger partial charge is 0.164 e. The van der Waals surface area contributed by atoms with Crippen LogP contribution >= 0.6 is 0 Å². The average Bonchev–Trinajstić information content (AvgIpc) is 3.14. The average molecular weight is 588 g/mol. The van der Waals surface area contributed by atoms with Crippen LogP contribution < -0.4 is 0 Å². The van der Waals surface area contributed by atoms with Crippen LogP contribution in [0.15, 0.2) is 152 Å². The Morgan fingerprint density at radius 3 is 1.48 bits per heavy atom. The molecule has 9 aromatic rings. The molecule has 0 aliphatic heterocycles. The van der Waals surface area contributed by atoms with Gasteiger partial charge in [0.15, 0.2) is 17.5 Å². The van der Waals surface area contributed by atoms with Crippen LogP contribution in [0.2, 0.25) is 0 Å². The lowest BCUT2D eigenvalue weighted by atomic mass is 9.88. The van der Waals surface area contributed by atoms with E-state index in [4.69, 9.17) is 19.9 Å². The summed E-state index contributed by atoms with van der Waals surface area (Å²) in [6, 6.07) is 47.8. The number of nitrogens with zero attached hydrogens (tertiary/aromatic N) is 5. The summed E-state index contributed by atoms with van der Waals surface area (Å²) in [7, 11) is 0. The van der Waals surface area contributed by atoms with Crippen LogP contribution in [0, 0.1) is 0 Å². The lowest BCUT2D eigenvalue weighted by Gasteiger charge is -2.16. The van der Waals surface area contributed by atoms with E-state index in [2.05, 4.69) is 59.6 Å². The third-order valence-electron chi connectivity index (χ3n) is 8.61. The van der Waals surface area contributed by atoms with Crippen molar-refractivity contribution in [2.24, 2.45) is 0 Å². The van der Waals surface area contributed by atoms with Crippen molar-refractivity contribution in [2.75, 3.05) is 0 Å². The molecule has 0 bridgehead atoms. The molecule has 0 unspecified atom stereocenters. The summed E-state index contributed by atoms with van der Waals surface area (Å²) < 4.78 is 0. The Balaban J connectivity index is 1.24. The van der Waals surface area contributed by atoms with E-state index in [0.29, 0.717) is 17.5 Å². The molecule has 0 spiro atoms. The predicted octanol–water partition coefficient (Wildman–Crippen LogP) is 9.89. The van der Waals surface area contributed by atoms with E-state index < -0.39 is 0 Å². The SMILES string of the molecule is c1ccc(-c2nc(-c3ccccc3)nc(-c3ccc4ccc5c(-c6ccc(-c7ccccn7)nc6)ccc6ccc3c4c65)n2)cc1. The predicted molar refractivity (Wildman–Crippen MR) is 186 cm³/mol. The van der Waals surface area contributed by atoms with Crippen molar-refractivity contribution in [3.05, 3.63) is 152 Å². The van der Waals surface area contributed by atoms with Gasteiger partial charge < -0.3 is 0 Å². The highest BCUT2D eigenvalue weighted by Crippen LogP contribution is 2.42. The largest absolute Gasteiger partial charge is 0.255 e. The van der Waals surface area contributed by atoms with Crippen molar-refractivity contribution in [1.82, 2.24) is 24.9 Å². The second-order valence-corrected chi connectivity index (χ2v) is 11.3. The molecule has 5 nitrogen and oxygen atoms in total. The van der Waals surface area contributed by atoms with Crippen molar-refractivity contribution in [1.29, 1.82) is 0 Å². The maximum absolute atomic E-state index is 5.04. The summed E-state index contributed by atoms with van der Waals surface area (Å²) >= 11 is 0. The Kier molecular flexibility index (Phi) is 6.06. The van der Waals surface area contributed by atoms with E-state index in [0.717, 1.165) is 44.6 Å². The Morgan fingerprint density at radius 1 is 0.348 bits per heavy atom. The zero-order valence-corrected chi connectivity index (χ0v) is 24.7. The fourth-order valence-corrected chi connectivity index (χ4v) is 6.40. The second-order valence-electron chi connectivity index (χ2n) is 11.3. The van der Waals surface area contributed by atoms with E-state index in [-0.39, 0.29) is 0 Å². The first-order valence-electron chi connectivity index (χ1n) is 15.3. The molecule has 0 amide bonds. The van der Waals surface area contributed by atoms with Gasteiger partial charge in [0.2, 0.25) is 0 Å². The lowest BCUT2D eigenvalue weighted by molar-refractivity contribution is 1.08. The third-order valence-corrected chi connectivity index (χ3v) is 8.61. The molecule has 0 N–H and O–H groups in total. The summed E-state index contributed by atoms with van der Waals surface area (Å²) in [4.78, 5) is 24.2. The number of hydrogen-bond acceptors (Lipinski definition) is 5. The zero-order valence-electron chi connectivity index (χ0n) is 24.7. The summed E-state index contributed by atoms with van der Waals surface area (Å²) in [5.41, 5.74) is 6.81. The molecule has 9 rings (SSSR count). The normalized spacial score (nSPS) is 11.5. The highest BCUT2D eigenvalue weighted by atomic mass is 15.0. The van der Waals surface area contributed by atoms with Gasteiger partial charge in [-0.25, -0.2) is 15.0 Å². The molecule has 6 aromatic carbocycles. The van der Waals surface area contributed by atoms with Crippen LogP contribution in [0.25, 0.3) is 89.0 Å². The van der Waals surface area contributed by atoms with Crippen LogP contribution in [0.5, 0.6) is 0 Å². The van der Waals surface area contributed by atoms with Gasteiger partial charge in [0.25, 0.3) is 0 Å². The minimum Gasteiger partial charge on any atom is -0.255 e. The van der Waals surface area contributed by atoms with Gasteiger partial charge in [0.1, 0.15) is 0 Å². The minimum absolute atomic E-state index is 0.652. The summed E-state index contributed by atoms with van der Waals surface area (Å²) in [5, 5.41) is 7.10. The van der Waals surface area contributed by atoms with Gasteiger partial charge in [-0.3, -0.25) is 9.97 Å². The first-order chi connectivity index (χ1) is 22.8. The first-order valence-corrected chi connectivity index (χ1v) is 15.3. The van der Waals surface area contributed by atoms with Gasteiger partial charge in [-0.05, 0) is 62.1 Å². The maximum Gasteiger partial charge on any atom is 0.164 e. The fraction of sp³-hybridized carbons (Fsp3) is 0. The molecule has 0 radical (unpaired) electrons. The number of pyridine rings is 2. The van der Waals surface area contributed by atoms with Crippen molar-refractivity contribution in [2.45, 2.75) is 0 Å². The summed E-state index contributed by atoms with van der Waals surface area (Å²) in [6.07, 6.45) is 3.74. The molecule has 0 atom stereocenters. The first kappa shape index (κ1) is 26.1. The molecule has 3 aromatic heterocycles. The van der Waals surface area contributed by atoms with Gasteiger partial charge in [0.05, 0.1) is 11.4 Å². The van der Waals surface area contributed by atoms with Gasteiger partial charge in [-0.1, -0.05) is 115 Å². The number of benzene rings is 6. The Morgan fingerprint density at radius 2 is 0.891 bits per heavy atom. The van der Waals surface area contributed by atoms with E-state index in [1.807, 2.05) is 91.1 Å². The van der Waals surface area contributed by atoms with Gasteiger partial charge >= 0.3 is 0 Å². The van der Waals surface area contributed by atoms with Gasteiger partial charge in [-0.15, -0.1) is 0 Å². The third kappa shape index (κ3) is 4.37. The van der Waals surface area contributed by atoms with E-state index in [9.17, 15) is 0 Å². The van der Waals surface area contributed by atoms with Crippen LogP contribution in [0.4, 0.5) is 0 Å². The van der Waals surface area contributed by atoms with E-state index in [1.54, 1.807) is 6.20 Å². The maximum atomic E-state index is 5.04. The molecular weight excluding hydrogens is 562 g/mol. The van der Waals surface area contributed by atoms with Gasteiger partial charge in [0, 0.05) is 34.6 Å². The molecule has 3 heterocycles. The molecule has 5 heteroatoms. The molecule has 0 saturated heterocycles. The van der Waals surface area contributed by atoms with Crippen molar-refractivity contribution in [3.63, 3.8) is 0 Å². The Labute approximate surface area is 265 Å². The molecule has 0 saturated carbocycles. The number of hydrogen-bond donors (Lipinski definition) is 0. The van der Waals surface area contributed by atoms with Crippen molar-refractivity contribution in [3.8, 4) is 56.7 Å². The highest BCUT2D eigenvalue weighted by molar-refractivity contribution is 6.27. The fourth-order valence-electron chi connectivity index (χ4n) is 6.40. The van der Waals surface area contributed by atoms with Gasteiger partial charge in [-0.2, -0.15) is 0 Å². The number of rotatable bonds is 5. The molecular formula is C41H25N5. The summed E-state index contributed by atoms with van der Waals surface area (Å²) in [6.45, 7) is 0. The van der Waals surface area contributed by atoms with Crippen LogP contribution in [-0.4, -0.2) is 24.9 Å². The van der Waals surface area contributed by atoms with Crippen molar-refractivity contribution < 1.29 is 0 Å².